The Labute approximate surface area is 116 Å². The molecule has 0 atom stereocenters. The Balaban J connectivity index is 2.07. The summed E-state index contributed by atoms with van der Waals surface area (Å²) in [5.41, 5.74) is 1.81. The average molecular weight is 274 g/mol. The topological polar surface area (TPSA) is 50.4 Å². The van der Waals surface area contributed by atoms with E-state index < -0.39 is 11.8 Å². The number of hydrogen-bond donors (Lipinski definition) is 2. The number of urea groups is 1. The van der Waals surface area contributed by atoms with Gasteiger partial charge in [0, 0.05) is 17.4 Å². The molecule has 0 heterocycles. The fraction of sp³-hybridized carbons (Fsp3) is 0.133. The second-order valence-electron chi connectivity index (χ2n) is 4.27. The van der Waals surface area contributed by atoms with Crippen LogP contribution < -0.4 is 15.4 Å². The summed E-state index contributed by atoms with van der Waals surface area (Å²) < 4.78 is 18.2. The van der Waals surface area contributed by atoms with E-state index in [2.05, 4.69) is 10.6 Å². The highest BCUT2D eigenvalue weighted by molar-refractivity contribution is 6.00. The summed E-state index contributed by atoms with van der Waals surface area (Å²) in [5, 5.41) is 5.27. The van der Waals surface area contributed by atoms with Crippen LogP contribution in [-0.2, 0) is 0 Å². The molecule has 0 aliphatic heterocycles. The number of carbonyl (C=O) groups excluding carboxylic acids is 1. The van der Waals surface area contributed by atoms with Crippen molar-refractivity contribution in [2.75, 3.05) is 17.7 Å². The van der Waals surface area contributed by atoms with Crippen LogP contribution in [0.2, 0.25) is 0 Å². The van der Waals surface area contributed by atoms with E-state index >= 15 is 0 Å². The van der Waals surface area contributed by atoms with Gasteiger partial charge in [-0.3, -0.25) is 0 Å². The van der Waals surface area contributed by atoms with Crippen molar-refractivity contribution in [3.63, 3.8) is 0 Å². The van der Waals surface area contributed by atoms with Crippen molar-refractivity contribution in [1.29, 1.82) is 0 Å². The van der Waals surface area contributed by atoms with Crippen molar-refractivity contribution in [1.82, 2.24) is 0 Å². The number of hydrogen-bond acceptors (Lipinski definition) is 2. The summed E-state index contributed by atoms with van der Waals surface area (Å²) in [6.45, 7) is 1.79. The number of rotatable bonds is 3. The van der Waals surface area contributed by atoms with Crippen molar-refractivity contribution in [3.05, 3.63) is 53.8 Å². The molecule has 0 radical (unpaired) electrons. The Morgan fingerprint density at radius 3 is 2.70 bits per heavy atom. The lowest BCUT2D eigenvalue weighted by atomic mass is 10.2. The maximum absolute atomic E-state index is 13.1. The molecule has 0 fully saturated rings. The van der Waals surface area contributed by atoms with E-state index in [0.29, 0.717) is 17.1 Å². The van der Waals surface area contributed by atoms with E-state index in [1.807, 2.05) is 0 Å². The molecule has 2 N–H and O–H groups in total. The van der Waals surface area contributed by atoms with Gasteiger partial charge in [0.25, 0.3) is 0 Å². The molecule has 4 nitrogen and oxygen atoms in total. The number of ether oxygens (including phenoxy) is 1. The number of methoxy groups -OCH3 is 1. The molecule has 0 unspecified atom stereocenters. The molecule has 104 valence electrons. The van der Waals surface area contributed by atoms with Gasteiger partial charge >= 0.3 is 6.03 Å². The van der Waals surface area contributed by atoms with Crippen molar-refractivity contribution in [3.8, 4) is 5.75 Å². The van der Waals surface area contributed by atoms with Gasteiger partial charge in [-0.1, -0.05) is 12.1 Å². The van der Waals surface area contributed by atoms with Crippen LogP contribution in [-0.4, -0.2) is 13.1 Å². The lowest BCUT2D eigenvalue weighted by molar-refractivity contribution is 0.262. The van der Waals surface area contributed by atoms with Gasteiger partial charge in [-0.05, 0) is 36.8 Å². The molecule has 0 aliphatic rings. The van der Waals surface area contributed by atoms with Gasteiger partial charge in [-0.15, -0.1) is 0 Å². The van der Waals surface area contributed by atoms with Gasteiger partial charge < -0.3 is 15.4 Å². The van der Waals surface area contributed by atoms with Gasteiger partial charge in [-0.2, -0.15) is 0 Å². The van der Waals surface area contributed by atoms with E-state index in [-0.39, 0.29) is 0 Å². The van der Waals surface area contributed by atoms with Gasteiger partial charge in [0.15, 0.2) is 0 Å². The van der Waals surface area contributed by atoms with Crippen LogP contribution in [0.5, 0.6) is 5.75 Å². The molecule has 5 heteroatoms. The van der Waals surface area contributed by atoms with Crippen molar-refractivity contribution in [2.24, 2.45) is 0 Å². The third kappa shape index (κ3) is 3.47. The number of anilines is 2. The quantitative estimate of drug-likeness (QED) is 0.894. The van der Waals surface area contributed by atoms with Crippen LogP contribution in [0.15, 0.2) is 42.5 Å². The second-order valence-corrected chi connectivity index (χ2v) is 4.27. The van der Waals surface area contributed by atoms with E-state index in [1.165, 1.54) is 12.1 Å². The molecule has 20 heavy (non-hydrogen) atoms. The second kappa shape index (κ2) is 6.06. The maximum Gasteiger partial charge on any atom is 0.323 e. The monoisotopic (exact) mass is 274 g/mol. The minimum Gasteiger partial charge on any atom is -0.497 e. The van der Waals surface area contributed by atoms with Crippen LogP contribution in [0.3, 0.4) is 0 Å². The first-order valence-electron chi connectivity index (χ1n) is 6.06. The first kappa shape index (κ1) is 13.9. The van der Waals surface area contributed by atoms with Gasteiger partial charge in [-0.25, -0.2) is 9.18 Å². The Bertz CT molecular complexity index is 629. The molecule has 0 aromatic heterocycles. The first-order chi connectivity index (χ1) is 9.58. The number of aryl methyl sites for hydroxylation is 1. The summed E-state index contributed by atoms with van der Waals surface area (Å²) >= 11 is 0. The molecule has 0 saturated carbocycles. The lowest BCUT2D eigenvalue weighted by Gasteiger charge is -2.10. The molecule has 0 aliphatic carbocycles. The van der Waals surface area contributed by atoms with E-state index in [9.17, 15) is 9.18 Å². The maximum atomic E-state index is 13.1. The smallest absolute Gasteiger partial charge is 0.323 e. The number of carbonyl (C=O) groups is 1. The molecule has 0 bridgehead atoms. The molecular weight excluding hydrogens is 259 g/mol. The summed E-state index contributed by atoms with van der Waals surface area (Å²) in [6.07, 6.45) is 0. The molecular formula is C15H15FN2O2. The zero-order chi connectivity index (χ0) is 14.5. The fourth-order valence-corrected chi connectivity index (χ4v) is 1.71. The summed E-state index contributed by atoms with van der Waals surface area (Å²) in [6, 6.07) is 10.8. The Kier molecular flexibility index (Phi) is 4.20. The number of halogens is 1. The minimum absolute atomic E-state index is 0.396. The molecule has 2 aromatic carbocycles. The highest BCUT2D eigenvalue weighted by atomic mass is 19.1. The lowest BCUT2D eigenvalue weighted by Crippen LogP contribution is -2.20. The molecule has 0 spiro atoms. The van der Waals surface area contributed by atoms with Crippen molar-refractivity contribution in [2.45, 2.75) is 6.92 Å². The van der Waals surface area contributed by atoms with E-state index in [1.54, 1.807) is 44.4 Å². The van der Waals surface area contributed by atoms with Crippen LogP contribution >= 0.6 is 0 Å². The summed E-state index contributed by atoms with van der Waals surface area (Å²) in [5.74, 6) is 0.247. The number of nitrogens with one attached hydrogen (secondary N) is 2. The Morgan fingerprint density at radius 2 is 1.95 bits per heavy atom. The van der Waals surface area contributed by atoms with Gasteiger partial charge in [0.05, 0.1) is 7.11 Å². The van der Waals surface area contributed by atoms with Crippen molar-refractivity contribution < 1.29 is 13.9 Å². The highest BCUT2D eigenvalue weighted by Crippen LogP contribution is 2.19. The number of amides is 2. The molecule has 0 saturated heterocycles. The number of benzene rings is 2. The fourth-order valence-electron chi connectivity index (χ4n) is 1.71. The predicted octanol–water partition coefficient (Wildman–Crippen LogP) is 3.79. The predicted molar refractivity (Wildman–Crippen MR) is 76.8 cm³/mol. The van der Waals surface area contributed by atoms with E-state index in [0.717, 1.165) is 5.56 Å². The van der Waals surface area contributed by atoms with Gasteiger partial charge in [0.1, 0.15) is 11.6 Å². The van der Waals surface area contributed by atoms with Crippen LogP contribution in [0.1, 0.15) is 5.56 Å². The normalized spacial score (nSPS) is 9.95. The highest BCUT2D eigenvalue weighted by Gasteiger charge is 2.06. The molecule has 2 aromatic rings. The van der Waals surface area contributed by atoms with Crippen molar-refractivity contribution >= 4 is 17.4 Å². The zero-order valence-corrected chi connectivity index (χ0v) is 11.2. The van der Waals surface area contributed by atoms with Gasteiger partial charge in [0.2, 0.25) is 0 Å². The van der Waals surface area contributed by atoms with Crippen LogP contribution in [0, 0.1) is 12.7 Å². The standard InChI is InChI=1S/C15H15FN2O2/c1-10-6-7-11(16)8-14(10)18-15(19)17-12-4-3-5-13(9-12)20-2/h3-9H,1-2H3,(H2,17,18,19). The minimum atomic E-state index is -0.438. The van der Waals surface area contributed by atoms with Crippen LogP contribution in [0.25, 0.3) is 0 Å². The Morgan fingerprint density at radius 1 is 1.15 bits per heavy atom. The average Bonchev–Trinajstić information content (AvgIpc) is 2.43. The first-order valence-corrected chi connectivity index (χ1v) is 6.06. The van der Waals surface area contributed by atoms with Crippen LogP contribution in [0.4, 0.5) is 20.6 Å². The summed E-state index contributed by atoms with van der Waals surface area (Å²) in [4.78, 5) is 11.9. The SMILES string of the molecule is COc1cccc(NC(=O)Nc2cc(F)ccc2C)c1. The third-order valence-electron chi connectivity index (χ3n) is 2.78. The third-order valence-corrected chi connectivity index (χ3v) is 2.78. The summed E-state index contributed by atoms with van der Waals surface area (Å²) in [7, 11) is 1.55. The molecule has 2 rings (SSSR count). The zero-order valence-electron chi connectivity index (χ0n) is 11.2. The largest absolute Gasteiger partial charge is 0.497 e. The molecule has 2 amide bonds. The van der Waals surface area contributed by atoms with E-state index in [4.69, 9.17) is 4.74 Å². The Hall–Kier alpha value is -2.56.